The molecule has 1 aromatic heterocycles. The number of hydrogen-bond donors (Lipinski definition) is 1. The van der Waals surface area contributed by atoms with E-state index in [1.165, 1.54) is 5.56 Å². The molecule has 0 saturated carbocycles. The lowest BCUT2D eigenvalue weighted by atomic mass is 10.1. The molecule has 0 aliphatic heterocycles. The first-order chi connectivity index (χ1) is 10.1. The van der Waals surface area contributed by atoms with Crippen LogP contribution in [-0.2, 0) is 16.0 Å². The number of ether oxygens (including phenoxy) is 2. The summed E-state index contributed by atoms with van der Waals surface area (Å²) in [6.07, 6.45) is 3.77. The molecular formula is C16H29N3O2. The Bertz CT molecular complexity index is 399. The van der Waals surface area contributed by atoms with Crippen LogP contribution in [0.2, 0.25) is 0 Å². The van der Waals surface area contributed by atoms with E-state index in [-0.39, 0.29) is 6.04 Å². The molecule has 5 nitrogen and oxygen atoms in total. The number of rotatable bonds is 10. The van der Waals surface area contributed by atoms with Crippen LogP contribution < -0.4 is 10.2 Å². The number of nitrogens with one attached hydrogen (secondary N) is 1. The van der Waals surface area contributed by atoms with E-state index in [0.29, 0.717) is 19.3 Å². The summed E-state index contributed by atoms with van der Waals surface area (Å²) in [5.41, 5.74) is 2.39. The van der Waals surface area contributed by atoms with Crippen LogP contribution in [0.1, 0.15) is 26.3 Å². The molecular weight excluding hydrogens is 266 g/mol. The van der Waals surface area contributed by atoms with Gasteiger partial charge in [-0.1, -0.05) is 13.8 Å². The Morgan fingerprint density at radius 2 is 2.00 bits per heavy atom. The second-order valence-electron chi connectivity index (χ2n) is 5.53. The monoisotopic (exact) mass is 295 g/mol. The highest BCUT2D eigenvalue weighted by molar-refractivity contribution is 5.52. The first kappa shape index (κ1) is 17.9. The standard InChI is InChI=1S/C16H29N3O2/c1-13(2)18-10-15-6-7-17-11-16(15)19(8-9-20-4)14(3)12-21-5/h6-7,11,13-14,18H,8-10,12H2,1-5H3. The molecule has 1 unspecified atom stereocenters. The molecule has 0 aliphatic carbocycles. The predicted molar refractivity (Wildman–Crippen MR) is 86.8 cm³/mol. The highest BCUT2D eigenvalue weighted by Gasteiger charge is 2.17. The summed E-state index contributed by atoms with van der Waals surface area (Å²) in [6.45, 7) is 9.47. The van der Waals surface area contributed by atoms with E-state index in [2.05, 4.69) is 42.0 Å². The van der Waals surface area contributed by atoms with Gasteiger partial charge in [-0.2, -0.15) is 0 Å². The molecule has 1 atom stereocenters. The van der Waals surface area contributed by atoms with Gasteiger partial charge in [0.25, 0.3) is 0 Å². The molecule has 0 saturated heterocycles. The summed E-state index contributed by atoms with van der Waals surface area (Å²) >= 11 is 0. The number of nitrogens with zero attached hydrogens (tertiary/aromatic N) is 2. The molecule has 21 heavy (non-hydrogen) atoms. The van der Waals surface area contributed by atoms with Crippen LogP contribution >= 0.6 is 0 Å². The number of methoxy groups -OCH3 is 2. The molecule has 120 valence electrons. The lowest BCUT2D eigenvalue weighted by Gasteiger charge is -2.32. The van der Waals surface area contributed by atoms with Crippen molar-refractivity contribution >= 4 is 5.69 Å². The topological polar surface area (TPSA) is 46.6 Å². The quantitative estimate of drug-likeness (QED) is 0.716. The van der Waals surface area contributed by atoms with Crippen molar-refractivity contribution in [3.63, 3.8) is 0 Å². The van der Waals surface area contributed by atoms with Gasteiger partial charge < -0.3 is 19.7 Å². The van der Waals surface area contributed by atoms with Gasteiger partial charge in [0.15, 0.2) is 0 Å². The fourth-order valence-electron chi connectivity index (χ4n) is 2.24. The molecule has 0 radical (unpaired) electrons. The molecule has 0 aromatic carbocycles. The van der Waals surface area contributed by atoms with Crippen molar-refractivity contribution in [2.24, 2.45) is 0 Å². The normalized spacial score (nSPS) is 12.7. The van der Waals surface area contributed by atoms with Gasteiger partial charge in [-0.15, -0.1) is 0 Å². The highest BCUT2D eigenvalue weighted by atomic mass is 16.5. The average Bonchev–Trinajstić information content (AvgIpc) is 2.46. The van der Waals surface area contributed by atoms with E-state index >= 15 is 0 Å². The predicted octanol–water partition coefficient (Wildman–Crippen LogP) is 2.07. The molecule has 1 aromatic rings. The van der Waals surface area contributed by atoms with Gasteiger partial charge in [0.1, 0.15) is 0 Å². The first-order valence-corrected chi connectivity index (χ1v) is 7.51. The van der Waals surface area contributed by atoms with E-state index in [1.807, 2.05) is 12.4 Å². The Kier molecular flexibility index (Phi) is 8.27. The Morgan fingerprint density at radius 3 is 2.62 bits per heavy atom. The third-order valence-corrected chi connectivity index (χ3v) is 3.37. The minimum absolute atomic E-state index is 0.271. The smallest absolute Gasteiger partial charge is 0.0663 e. The summed E-state index contributed by atoms with van der Waals surface area (Å²) in [4.78, 5) is 6.60. The molecule has 0 fully saturated rings. The minimum Gasteiger partial charge on any atom is -0.383 e. The largest absolute Gasteiger partial charge is 0.383 e. The highest BCUT2D eigenvalue weighted by Crippen LogP contribution is 2.21. The molecule has 0 amide bonds. The van der Waals surface area contributed by atoms with Crippen LogP contribution in [0.3, 0.4) is 0 Å². The van der Waals surface area contributed by atoms with Crippen molar-refractivity contribution in [1.29, 1.82) is 0 Å². The number of anilines is 1. The Labute approximate surface area is 128 Å². The SMILES string of the molecule is COCCN(c1cnccc1CNC(C)C)C(C)COC. The summed E-state index contributed by atoms with van der Waals surface area (Å²) in [7, 11) is 3.46. The van der Waals surface area contributed by atoms with Gasteiger partial charge in [-0.3, -0.25) is 4.98 Å². The average molecular weight is 295 g/mol. The third-order valence-electron chi connectivity index (χ3n) is 3.37. The van der Waals surface area contributed by atoms with E-state index < -0.39 is 0 Å². The van der Waals surface area contributed by atoms with Crippen LogP contribution in [0, 0.1) is 0 Å². The van der Waals surface area contributed by atoms with Gasteiger partial charge >= 0.3 is 0 Å². The van der Waals surface area contributed by atoms with Crippen LogP contribution in [0.5, 0.6) is 0 Å². The van der Waals surface area contributed by atoms with Gasteiger partial charge in [0, 0.05) is 45.6 Å². The molecule has 1 heterocycles. The van der Waals surface area contributed by atoms with Gasteiger partial charge in [-0.05, 0) is 18.6 Å². The third kappa shape index (κ3) is 5.99. The maximum absolute atomic E-state index is 5.31. The van der Waals surface area contributed by atoms with E-state index in [1.54, 1.807) is 14.2 Å². The van der Waals surface area contributed by atoms with Crippen molar-refractivity contribution < 1.29 is 9.47 Å². The number of pyridine rings is 1. The number of aromatic nitrogens is 1. The summed E-state index contributed by atoms with van der Waals surface area (Å²) in [6, 6.07) is 2.80. The van der Waals surface area contributed by atoms with Crippen LogP contribution in [-0.4, -0.2) is 51.0 Å². The van der Waals surface area contributed by atoms with Crippen molar-refractivity contribution in [2.75, 3.05) is 38.9 Å². The number of hydrogen-bond acceptors (Lipinski definition) is 5. The molecule has 0 spiro atoms. The van der Waals surface area contributed by atoms with Crippen molar-refractivity contribution in [1.82, 2.24) is 10.3 Å². The molecule has 0 aliphatic rings. The second-order valence-corrected chi connectivity index (χ2v) is 5.53. The molecule has 0 bridgehead atoms. The zero-order valence-electron chi connectivity index (χ0n) is 13.9. The molecule has 1 N–H and O–H groups in total. The zero-order chi connectivity index (χ0) is 15.7. The fraction of sp³-hybridized carbons (Fsp3) is 0.688. The van der Waals surface area contributed by atoms with Crippen LogP contribution in [0.15, 0.2) is 18.5 Å². The van der Waals surface area contributed by atoms with Crippen molar-refractivity contribution in [2.45, 2.75) is 39.4 Å². The van der Waals surface area contributed by atoms with E-state index in [4.69, 9.17) is 9.47 Å². The van der Waals surface area contributed by atoms with Crippen molar-refractivity contribution in [3.8, 4) is 0 Å². The Balaban J connectivity index is 2.93. The maximum Gasteiger partial charge on any atom is 0.0663 e. The van der Waals surface area contributed by atoms with E-state index in [0.717, 1.165) is 18.8 Å². The molecule has 1 rings (SSSR count). The first-order valence-electron chi connectivity index (χ1n) is 7.51. The van der Waals surface area contributed by atoms with E-state index in [9.17, 15) is 0 Å². The Morgan fingerprint density at radius 1 is 1.24 bits per heavy atom. The second kappa shape index (κ2) is 9.71. The van der Waals surface area contributed by atoms with Crippen LogP contribution in [0.4, 0.5) is 5.69 Å². The van der Waals surface area contributed by atoms with Crippen LogP contribution in [0.25, 0.3) is 0 Å². The Hall–Kier alpha value is -1.17. The minimum atomic E-state index is 0.271. The lowest BCUT2D eigenvalue weighted by Crippen LogP contribution is -2.39. The van der Waals surface area contributed by atoms with Gasteiger partial charge in [0.05, 0.1) is 25.1 Å². The summed E-state index contributed by atoms with van der Waals surface area (Å²) < 4.78 is 10.5. The van der Waals surface area contributed by atoms with Gasteiger partial charge in [-0.25, -0.2) is 0 Å². The fourth-order valence-corrected chi connectivity index (χ4v) is 2.24. The lowest BCUT2D eigenvalue weighted by molar-refractivity contribution is 0.171. The zero-order valence-corrected chi connectivity index (χ0v) is 13.9. The summed E-state index contributed by atoms with van der Waals surface area (Å²) in [5, 5.41) is 3.47. The van der Waals surface area contributed by atoms with Crippen molar-refractivity contribution in [3.05, 3.63) is 24.0 Å². The summed E-state index contributed by atoms with van der Waals surface area (Å²) in [5.74, 6) is 0. The van der Waals surface area contributed by atoms with Gasteiger partial charge in [0.2, 0.25) is 0 Å². The molecule has 5 heteroatoms. The maximum atomic E-state index is 5.31.